The molecule has 0 heterocycles. The van der Waals surface area contributed by atoms with Gasteiger partial charge in [-0.05, 0) is 58.8 Å². The molecule has 0 radical (unpaired) electrons. The Hall–Kier alpha value is -0.980. The molecule has 0 spiro atoms. The van der Waals surface area contributed by atoms with Crippen LogP contribution in [0.3, 0.4) is 0 Å². The van der Waals surface area contributed by atoms with Crippen LogP contribution in [0, 0.1) is 23.2 Å². The molecule has 4 atom stereocenters. The molecule has 1 fully saturated rings. The van der Waals surface area contributed by atoms with Crippen LogP contribution in [0.1, 0.15) is 44.7 Å². The minimum Gasteiger partial charge on any atom is -0.508 e. The van der Waals surface area contributed by atoms with Gasteiger partial charge in [-0.3, -0.25) is 0 Å². The summed E-state index contributed by atoms with van der Waals surface area (Å²) < 4.78 is 0. The zero-order valence-electron chi connectivity index (χ0n) is 11.2. The molecular weight excluding hydrogens is 208 g/mol. The summed E-state index contributed by atoms with van der Waals surface area (Å²) in [6, 6.07) is 5.99. The van der Waals surface area contributed by atoms with Crippen molar-refractivity contribution in [1.82, 2.24) is 0 Å². The molecule has 0 saturated heterocycles. The number of hydrogen-bond donors (Lipinski definition) is 1. The maximum atomic E-state index is 9.64. The number of hydrogen-bond acceptors (Lipinski definition) is 1. The smallest absolute Gasteiger partial charge is 0.115 e. The molecule has 1 saturated carbocycles. The molecule has 3 rings (SSSR count). The van der Waals surface area contributed by atoms with Gasteiger partial charge >= 0.3 is 0 Å². The lowest BCUT2D eigenvalue weighted by Gasteiger charge is -2.36. The molecule has 4 unspecified atom stereocenters. The van der Waals surface area contributed by atoms with E-state index in [9.17, 15) is 5.11 Å². The van der Waals surface area contributed by atoms with Crippen LogP contribution < -0.4 is 0 Å². The van der Waals surface area contributed by atoms with Crippen molar-refractivity contribution >= 4 is 0 Å². The van der Waals surface area contributed by atoms with Crippen molar-refractivity contribution in [3.63, 3.8) is 0 Å². The summed E-state index contributed by atoms with van der Waals surface area (Å²) in [5, 5.41) is 9.64. The normalized spacial score (nSPS) is 35.1. The minimum atomic E-state index is 0.319. The Morgan fingerprint density at radius 1 is 1.24 bits per heavy atom. The molecule has 2 aliphatic rings. The van der Waals surface area contributed by atoms with Gasteiger partial charge in [-0.15, -0.1) is 0 Å². The van der Waals surface area contributed by atoms with Crippen LogP contribution in [0.2, 0.25) is 0 Å². The first-order valence-corrected chi connectivity index (χ1v) is 6.71. The maximum absolute atomic E-state index is 9.64. The predicted octanol–water partition coefficient (Wildman–Crippen LogP) is 3.96. The number of aromatic hydroxyl groups is 1. The fourth-order valence-electron chi connectivity index (χ4n) is 4.03. The van der Waals surface area contributed by atoms with Gasteiger partial charge in [-0.2, -0.15) is 0 Å². The third-order valence-electron chi connectivity index (χ3n) is 4.87. The van der Waals surface area contributed by atoms with Crippen LogP contribution in [0.25, 0.3) is 0 Å². The lowest BCUT2D eigenvalue weighted by atomic mass is 9.69. The van der Waals surface area contributed by atoms with Gasteiger partial charge in [0.15, 0.2) is 0 Å². The molecule has 0 amide bonds. The Labute approximate surface area is 104 Å². The number of benzene rings is 1. The van der Waals surface area contributed by atoms with Crippen LogP contribution in [0.15, 0.2) is 18.2 Å². The second kappa shape index (κ2) is 3.28. The SMILES string of the molecule is CC1C2Cc3cc(O)ccc3C(C(C)(C)C)C12. The van der Waals surface area contributed by atoms with Crippen LogP contribution in [0.5, 0.6) is 5.75 Å². The molecule has 0 bridgehead atoms. The highest BCUT2D eigenvalue weighted by Gasteiger charge is 2.56. The van der Waals surface area contributed by atoms with E-state index in [4.69, 9.17) is 0 Å². The molecule has 1 aromatic rings. The van der Waals surface area contributed by atoms with Gasteiger partial charge in [-0.25, -0.2) is 0 Å². The summed E-state index contributed by atoms with van der Waals surface area (Å²) in [5.41, 5.74) is 3.19. The standard InChI is InChI=1S/C16H22O/c1-9-13-8-10-7-11(17)5-6-12(10)15(14(9)13)16(2,3)4/h5-7,9,13-15,17H,8H2,1-4H3. The van der Waals surface area contributed by atoms with E-state index in [1.807, 2.05) is 12.1 Å². The highest BCUT2D eigenvalue weighted by Crippen LogP contribution is 2.64. The number of rotatable bonds is 0. The molecule has 92 valence electrons. The van der Waals surface area contributed by atoms with Gasteiger partial charge in [-0.1, -0.05) is 33.8 Å². The third-order valence-corrected chi connectivity index (χ3v) is 4.87. The van der Waals surface area contributed by atoms with E-state index in [1.54, 1.807) is 0 Å². The highest BCUT2D eigenvalue weighted by molar-refractivity contribution is 5.43. The molecular formula is C16H22O. The van der Waals surface area contributed by atoms with Crippen LogP contribution in [-0.2, 0) is 6.42 Å². The minimum absolute atomic E-state index is 0.319. The lowest BCUT2D eigenvalue weighted by Crippen LogP contribution is -2.25. The molecule has 1 N–H and O–H groups in total. The number of phenols is 1. The van der Waals surface area contributed by atoms with E-state index >= 15 is 0 Å². The average Bonchev–Trinajstić information content (AvgIpc) is 2.84. The topological polar surface area (TPSA) is 20.2 Å². The maximum Gasteiger partial charge on any atom is 0.115 e. The fraction of sp³-hybridized carbons (Fsp3) is 0.625. The Morgan fingerprint density at radius 2 is 1.94 bits per heavy atom. The van der Waals surface area contributed by atoms with Gasteiger partial charge in [0.05, 0.1) is 0 Å². The van der Waals surface area contributed by atoms with Crippen molar-refractivity contribution < 1.29 is 5.11 Å². The van der Waals surface area contributed by atoms with E-state index < -0.39 is 0 Å². The Balaban J connectivity index is 2.09. The third kappa shape index (κ3) is 1.59. The van der Waals surface area contributed by atoms with Gasteiger partial charge in [0, 0.05) is 0 Å². The van der Waals surface area contributed by atoms with Gasteiger partial charge < -0.3 is 5.11 Å². The van der Waals surface area contributed by atoms with Crippen LogP contribution >= 0.6 is 0 Å². The molecule has 1 heteroatoms. The van der Waals surface area contributed by atoms with E-state index in [1.165, 1.54) is 17.5 Å². The van der Waals surface area contributed by atoms with Crippen molar-refractivity contribution in [2.24, 2.45) is 23.2 Å². The Morgan fingerprint density at radius 3 is 2.59 bits per heavy atom. The number of fused-ring (bicyclic) bond motifs is 2. The van der Waals surface area contributed by atoms with Crippen LogP contribution in [-0.4, -0.2) is 5.11 Å². The zero-order valence-corrected chi connectivity index (χ0v) is 11.2. The summed E-state index contributed by atoms with van der Waals surface area (Å²) in [7, 11) is 0. The molecule has 2 aliphatic carbocycles. The summed E-state index contributed by atoms with van der Waals surface area (Å²) in [5.74, 6) is 3.66. The largest absolute Gasteiger partial charge is 0.508 e. The van der Waals surface area contributed by atoms with Crippen molar-refractivity contribution in [2.75, 3.05) is 0 Å². The predicted molar refractivity (Wildman–Crippen MR) is 70.2 cm³/mol. The molecule has 0 aromatic heterocycles. The van der Waals surface area contributed by atoms with Gasteiger partial charge in [0.1, 0.15) is 5.75 Å². The van der Waals surface area contributed by atoms with Crippen molar-refractivity contribution in [3.8, 4) is 5.75 Å². The first-order valence-electron chi connectivity index (χ1n) is 6.71. The number of phenolic OH excluding ortho intramolecular Hbond substituents is 1. The highest BCUT2D eigenvalue weighted by atomic mass is 16.3. The molecule has 1 nitrogen and oxygen atoms in total. The first-order chi connectivity index (χ1) is 7.89. The second-order valence-corrected chi connectivity index (χ2v) is 7.03. The summed E-state index contributed by atoms with van der Waals surface area (Å²) in [6.45, 7) is 9.44. The van der Waals surface area contributed by atoms with E-state index in [0.717, 1.165) is 17.8 Å². The van der Waals surface area contributed by atoms with E-state index in [2.05, 4.69) is 33.8 Å². The summed E-state index contributed by atoms with van der Waals surface area (Å²) in [6.07, 6.45) is 1.17. The van der Waals surface area contributed by atoms with Gasteiger partial charge in [0.25, 0.3) is 0 Å². The monoisotopic (exact) mass is 230 g/mol. The fourth-order valence-corrected chi connectivity index (χ4v) is 4.03. The van der Waals surface area contributed by atoms with Crippen molar-refractivity contribution in [3.05, 3.63) is 29.3 Å². The quantitative estimate of drug-likeness (QED) is 0.715. The Kier molecular flexibility index (Phi) is 2.14. The van der Waals surface area contributed by atoms with Crippen LogP contribution in [0.4, 0.5) is 0 Å². The first kappa shape index (κ1) is 11.1. The zero-order chi connectivity index (χ0) is 12.4. The molecule has 0 aliphatic heterocycles. The molecule has 1 aromatic carbocycles. The van der Waals surface area contributed by atoms with E-state index in [0.29, 0.717) is 17.1 Å². The second-order valence-electron chi connectivity index (χ2n) is 7.03. The Bertz CT molecular complexity index is 455. The van der Waals surface area contributed by atoms with E-state index in [-0.39, 0.29) is 0 Å². The summed E-state index contributed by atoms with van der Waals surface area (Å²) >= 11 is 0. The average molecular weight is 230 g/mol. The lowest BCUT2D eigenvalue weighted by molar-refractivity contribution is 0.268. The van der Waals surface area contributed by atoms with Gasteiger partial charge in [0.2, 0.25) is 0 Å². The summed E-state index contributed by atoms with van der Waals surface area (Å²) in [4.78, 5) is 0. The van der Waals surface area contributed by atoms with Crippen molar-refractivity contribution in [1.29, 1.82) is 0 Å². The molecule has 17 heavy (non-hydrogen) atoms. The van der Waals surface area contributed by atoms with Crippen molar-refractivity contribution in [2.45, 2.75) is 40.0 Å².